The molecule has 0 radical (unpaired) electrons. The average Bonchev–Trinajstić information content (AvgIpc) is 2.76. The van der Waals surface area contributed by atoms with E-state index >= 15 is 0 Å². The lowest BCUT2D eigenvalue weighted by atomic mass is 10.1. The van der Waals surface area contributed by atoms with Crippen LogP contribution in [0.25, 0.3) is 0 Å². The van der Waals surface area contributed by atoms with Crippen molar-refractivity contribution in [1.82, 2.24) is 20.4 Å². The molecule has 0 heterocycles. The molecule has 1 aromatic rings. The van der Waals surface area contributed by atoms with E-state index in [0.717, 1.165) is 38.3 Å². The summed E-state index contributed by atoms with van der Waals surface area (Å²) >= 11 is 0. The van der Waals surface area contributed by atoms with Crippen molar-refractivity contribution in [3.05, 3.63) is 35.4 Å². The number of carbonyl (C=O) groups is 2. The molecule has 0 aromatic heterocycles. The number of carboxylic acid groups (broad SMARTS) is 1. The summed E-state index contributed by atoms with van der Waals surface area (Å²) in [5.74, 6) is -1.84. The second kappa shape index (κ2) is 15.7. The fraction of sp³-hybridized carbons (Fsp3) is 0.652. The molecule has 188 valence electrons. The molecule has 0 bridgehead atoms. The van der Waals surface area contributed by atoms with Crippen LogP contribution in [0.15, 0.2) is 24.3 Å². The van der Waals surface area contributed by atoms with Crippen molar-refractivity contribution in [3.8, 4) is 0 Å². The summed E-state index contributed by atoms with van der Waals surface area (Å²) in [5.41, 5.74) is 1.35. The first-order chi connectivity index (χ1) is 15.7. The van der Waals surface area contributed by atoms with E-state index in [-0.39, 0.29) is 0 Å². The Hall–Kier alpha value is -2.08. The molecule has 0 saturated heterocycles. The number of amides is 1. The van der Waals surface area contributed by atoms with Crippen molar-refractivity contribution >= 4 is 11.9 Å². The van der Waals surface area contributed by atoms with E-state index in [1.54, 1.807) is 26.0 Å². The molecule has 0 saturated carbocycles. The van der Waals surface area contributed by atoms with Gasteiger partial charge in [-0.1, -0.05) is 19.1 Å². The molecule has 6 N–H and O–H groups in total. The Bertz CT molecular complexity index is 699. The molecule has 3 atom stereocenters. The number of benzene rings is 1. The summed E-state index contributed by atoms with van der Waals surface area (Å²) in [6.07, 6.45) is -0.821. The topological polar surface area (TPSA) is 146 Å². The number of aliphatic hydroxyl groups is 3. The van der Waals surface area contributed by atoms with Crippen LogP contribution in [-0.2, 0) is 11.3 Å². The SMILES string of the molecule is CCN(CCN(CCNC[C@H](C)O)C[C@H](C)O)Cc1ccc(C(=O)NC(CO)C(=O)O)cc1. The molecule has 0 aliphatic rings. The summed E-state index contributed by atoms with van der Waals surface area (Å²) in [5, 5.41) is 42.6. The lowest BCUT2D eigenvalue weighted by Gasteiger charge is -2.28. The van der Waals surface area contributed by atoms with Crippen molar-refractivity contribution < 1.29 is 30.0 Å². The van der Waals surface area contributed by atoms with E-state index in [2.05, 4.69) is 27.4 Å². The molecule has 1 amide bonds. The number of hydrogen-bond acceptors (Lipinski definition) is 8. The van der Waals surface area contributed by atoms with Gasteiger partial charge in [-0.05, 0) is 38.1 Å². The molecule has 0 fully saturated rings. The molecular weight excluding hydrogens is 428 g/mol. The monoisotopic (exact) mass is 468 g/mol. The quantitative estimate of drug-likeness (QED) is 0.164. The molecule has 33 heavy (non-hydrogen) atoms. The van der Waals surface area contributed by atoms with Crippen LogP contribution < -0.4 is 10.6 Å². The molecule has 0 spiro atoms. The Kier molecular flexibility index (Phi) is 13.8. The van der Waals surface area contributed by atoms with Gasteiger partial charge < -0.3 is 31.1 Å². The zero-order valence-electron chi connectivity index (χ0n) is 19.9. The van der Waals surface area contributed by atoms with E-state index in [1.165, 1.54) is 0 Å². The Morgan fingerprint density at radius 1 is 1.00 bits per heavy atom. The molecule has 10 nitrogen and oxygen atoms in total. The van der Waals surface area contributed by atoms with Crippen LogP contribution in [0.3, 0.4) is 0 Å². The smallest absolute Gasteiger partial charge is 0.328 e. The lowest BCUT2D eigenvalue weighted by Crippen LogP contribution is -2.43. The van der Waals surface area contributed by atoms with Crippen LogP contribution in [0.2, 0.25) is 0 Å². The Morgan fingerprint density at radius 3 is 2.15 bits per heavy atom. The maximum atomic E-state index is 12.2. The zero-order chi connectivity index (χ0) is 24.8. The van der Waals surface area contributed by atoms with Crippen molar-refractivity contribution in [1.29, 1.82) is 0 Å². The molecule has 1 aromatic carbocycles. The number of carbonyl (C=O) groups excluding carboxylic acids is 1. The van der Waals surface area contributed by atoms with Crippen LogP contribution in [0.5, 0.6) is 0 Å². The Labute approximate surface area is 196 Å². The van der Waals surface area contributed by atoms with Crippen LogP contribution in [-0.4, -0.2) is 113 Å². The van der Waals surface area contributed by atoms with Crippen molar-refractivity contribution in [2.75, 3.05) is 52.4 Å². The summed E-state index contributed by atoms with van der Waals surface area (Å²) < 4.78 is 0. The molecule has 1 rings (SSSR count). The van der Waals surface area contributed by atoms with E-state index in [1.807, 2.05) is 12.1 Å². The minimum Gasteiger partial charge on any atom is -0.480 e. The maximum absolute atomic E-state index is 12.2. The molecular formula is C23H40N4O6. The van der Waals surface area contributed by atoms with Gasteiger partial charge in [0.1, 0.15) is 0 Å². The number of rotatable bonds is 17. The molecule has 0 aliphatic carbocycles. The maximum Gasteiger partial charge on any atom is 0.328 e. The third-order valence-corrected chi connectivity index (χ3v) is 5.15. The number of nitrogens with one attached hydrogen (secondary N) is 2. The lowest BCUT2D eigenvalue weighted by molar-refractivity contribution is -0.140. The fourth-order valence-corrected chi connectivity index (χ4v) is 3.29. The molecule has 0 aliphatic heterocycles. The van der Waals surface area contributed by atoms with Crippen LogP contribution in [0.4, 0.5) is 0 Å². The predicted molar refractivity (Wildman–Crippen MR) is 126 cm³/mol. The largest absolute Gasteiger partial charge is 0.480 e. The standard InChI is InChI=1S/C23H40N4O6/c1-4-26(11-12-27(14-18(3)30)10-9-24-13-17(2)29)15-19-5-7-20(8-6-19)22(31)25-21(16-28)23(32)33/h5-8,17-18,21,24,28-30H,4,9-16H2,1-3H3,(H,25,31)(H,32,33)/t17-,18-,21?/m0/s1. The normalized spacial score (nSPS) is 14.3. The number of likely N-dealkylation sites (N-methyl/N-ethyl adjacent to an activating group) is 1. The zero-order valence-corrected chi connectivity index (χ0v) is 19.9. The van der Waals surface area contributed by atoms with Gasteiger partial charge in [0.15, 0.2) is 6.04 Å². The third kappa shape index (κ3) is 12.1. The van der Waals surface area contributed by atoms with Crippen LogP contribution in [0.1, 0.15) is 36.7 Å². The van der Waals surface area contributed by atoms with Gasteiger partial charge in [-0.25, -0.2) is 4.79 Å². The van der Waals surface area contributed by atoms with E-state index in [0.29, 0.717) is 25.2 Å². The van der Waals surface area contributed by atoms with Gasteiger partial charge in [0.2, 0.25) is 0 Å². The summed E-state index contributed by atoms with van der Waals surface area (Å²) in [6.45, 7) is 10.6. The Morgan fingerprint density at radius 2 is 1.64 bits per heavy atom. The second-order valence-corrected chi connectivity index (χ2v) is 8.32. The first-order valence-electron chi connectivity index (χ1n) is 11.4. The second-order valence-electron chi connectivity index (χ2n) is 8.32. The highest BCUT2D eigenvalue weighted by atomic mass is 16.4. The molecule has 1 unspecified atom stereocenters. The summed E-state index contributed by atoms with van der Waals surface area (Å²) in [6, 6.07) is 5.62. The number of aliphatic hydroxyl groups excluding tert-OH is 3. The van der Waals surface area contributed by atoms with Gasteiger partial charge in [-0.15, -0.1) is 0 Å². The first kappa shape index (κ1) is 29.0. The average molecular weight is 469 g/mol. The number of nitrogens with zero attached hydrogens (tertiary/aromatic N) is 2. The number of hydrogen-bond donors (Lipinski definition) is 6. The number of carboxylic acids is 1. The minimum absolute atomic E-state index is 0.328. The van der Waals surface area contributed by atoms with Crippen molar-refractivity contribution in [2.24, 2.45) is 0 Å². The highest BCUT2D eigenvalue weighted by Gasteiger charge is 2.19. The minimum atomic E-state index is -1.33. The van der Waals surface area contributed by atoms with E-state index in [4.69, 9.17) is 10.2 Å². The van der Waals surface area contributed by atoms with Crippen LogP contribution in [0, 0.1) is 0 Å². The highest BCUT2D eigenvalue weighted by molar-refractivity contribution is 5.96. The van der Waals surface area contributed by atoms with Crippen LogP contribution >= 0.6 is 0 Å². The first-order valence-corrected chi connectivity index (χ1v) is 11.4. The van der Waals surface area contributed by atoms with Gasteiger partial charge in [-0.2, -0.15) is 0 Å². The number of aliphatic carboxylic acids is 1. The van der Waals surface area contributed by atoms with Gasteiger partial charge in [-0.3, -0.25) is 14.6 Å². The van der Waals surface area contributed by atoms with Crippen molar-refractivity contribution in [3.63, 3.8) is 0 Å². The van der Waals surface area contributed by atoms with Crippen molar-refractivity contribution in [2.45, 2.75) is 45.6 Å². The summed E-state index contributed by atoms with van der Waals surface area (Å²) in [7, 11) is 0. The van der Waals surface area contributed by atoms with E-state index < -0.39 is 36.7 Å². The third-order valence-electron chi connectivity index (χ3n) is 5.15. The predicted octanol–water partition coefficient (Wildman–Crippen LogP) is -0.663. The highest BCUT2D eigenvalue weighted by Crippen LogP contribution is 2.09. The fourth-order valence-electron chi connectivity index (χ4n) is 3.29. The molecule has 10 heteroatoms. The van der Waals surface area contributed by atoms with Gasteiger partial charge in [0.05, 0.1) is 18.8 Å². The Balaban J connectivity index is 2.60. The van der Waals surface area contributed by atoms with Gasteiger partial charge in [0, 0.05) is 51.4 Å². The van der Waals surface area contributed by atoms with Gasteiger partial charge >= 0.3 is 5.97 Å². The van der Waals surface area contributed by atoms with E-state index in [9.17, 15) is 19.8 Å². The van der Waals surface area contributed by atoms with Gasteiger partial charge in [0.25, 0.3) is 5.91 Å². The summed E-state index contributed by atoms with van der Waals surface area (Å²) in [4.78, 5) is 27.6.